The quantitative estimate of drug-likeness (QED) is 0.656. The molecule has 0 amide bonds. The van der Waals surface area contributed by atoms with Crippen LogP contribution in [0.15, 0.2) is 22.7 Å². The molecule has 0 aliphatic heterocycles. The van der Waals surface area contributed by atoms with Crippen molar-refractivity contribution in [3.8, 4) is 0 Å². The molecule has 2 aromatic rings. The Morgan fingerprint density at radius 2 is 2.33 bits per heavy atom. The van der Waals surface area contributed by atoms with Gasteiger partial charge < -0.3 is 15.4 Å². The summed E-state index contributed by atoms with van der Waals surface area (Å²) < 4.78 is 4.91. The van der Waals surface area contributed by atoms with Crippen LogP contribution in [0.25, 0.3) is 11.0 Å². The standard InChI is InChI=1S/C8H8N2O2/c9-8-6-2-1-5(4-11)3-7(6)12-10-8/h1-3,11H,4H2,(H2,9,10). The largest absolute Gasteiger partial charge is 0.392 e. The number of aromatic nitrogens is 1. The number of hydrogen-bond acceptors (Lipinski definition) is 4. The molecule has 0 bridgehead atoms. The van der Waals surface area contributed by atoms with Crippen LogP contribution in [-0.2, 0) is 6.61 Å². The highest BCUT2D eigenvalue weighted by Gasteiger charge is 2.04. The second kappa shape index (κ2) is 2.49. The lowest BCUT2D eigenvalue weighted by Crippen LogP contribution is -1.84. The van der Waals surface area contributed by atoms with Crippen LogP contribution in [0, 0.1) is 0 Å². The summed E-state index contributed by atoms with van der Waals surface area (Å²) in [5.41, 5.74) is 6.90. The van der Waals surface area contributed by atoms with Gasteiger partial charge >= 0.3 is 0 Å². The number of rotatable bonds is 1. The Morgan fingerprint density at radius 1 is 1.50 bits per heavy atom. The first-order valence-corrected chi connectivity index (χ1v) is 3.56. The van der Waals surface area contributed by atoms with Crippen LogP contribution in [-0.4, -0.2) is 10.3 Å². The molecule has 4 nitrogen and oxygen atoms in total. The van der Waals surface area contributed by atoms with Crippen LogP contribution in [0.2, 0.25) is 0 Å². The minimum atomic E-state index is -0.00343. The maximum absolute atomic E-state index is 8.81. The molecule has 12 heavy (non-hydrogen) atoms. The molecule has 0 radical (unpaired) electrons. The number of nitrogen functional groups attached to an aromatic ring is 1. The molecule has 0 aliphatic carbocycles. The van der Waals surface area contributed by atoms with Crippen molar-refractivity contribution in [2.45, 2.75) is 6.61 Å². The Balaban J connectivity index is 2.69. The molecule has 0 saturated carbocycles. The fraction of sp³-hybridized carbons (Fsp3) is 0.125. The van der Waals surface area contributed by atoms with Gasteiger partial charge in [0.1, 0.15) is 0 Å². The van der Waals surface area contributed by atoms with E-state index < -0.39 is 0 Å². The van der Waals surface area contributed by atoms with Crippen LogP contribution < -0.4 is 5.73 Å². The lowest BCUT2D eigenvalue weighted by molar-refractivity contribution is 0.282. The highest BCUT2D eigenvalue weighted by atomic mass is 16.5. The molecular formula is C8H8N2O2. The molecule has 0 aliphatic rings. The van der Waals surface area contributed by atoms with Gasteiger partial charge in [0, 0.05) is 0 Å². The predicted molar refractivity (Wildman–Crippen MR) is 44.3 cm³/mol. The molecular weight excluding hydrogens is 156 g/mol. The summed E-state index contributed by atoms with van der Waals surface area (Å²) in [6, 6.07) is 5.29. The van der Waals surface area contributed by atoms with Crippen LogP contribution in [0.5, 0.6) is 0 Å². The highest BCUT2D eigenvalue weighted by molar-refractivity contribution is 5.87. The molecule has 0 fully saturated rings. The van der Waals surface area contributed by atoms with Crippen molar-refractivity contribution in [2.75, 3.05) is 5.73 Å². The summed E-state index contributed by atoms with van der Waals surface area (Å²) in [4.78, 5) is 0. The number of nitrogens with zero attached hydrogens (tertiary/aromatic N) is 1. The number of hydrogen-bond donors (Lipinski definition) is 2. The van der Waals surface area contributed by atoms with Gasteiger partial charge in [0.25, 0.3) is 0 Å². The van der Waals surface area contributed by atoms with E-state index in [9.17, 15) is 0 Å². The molecule has 0 atom stereocenters. The summed E-state index contributed by atoms with van der Waals surface area (Å²) in [6.07, 6.45) is 0. The van der Waals surface area contributed by atoms with E-state index in [2.05, 4.69) is 5.16 Å². The van der Waals surface area contributed by atoms with Crippen LogP contribution >= 0.6 is 0 Å². The van der Waals surface area contributed by atoms with Gasteiger partial charge in [-0.1, -0.05) is 11.2 Å². The van der Waals surface area contributed by atoms with E-state index in [-0.39, 0.29) is 6.61 Å². The minimum Gasteiger partial charge on any atom is -0.392 e. The van der Waals surface area contributed by atoms with Gasteiger partial charge in [-0.15, -0.1) is 0 Å². The van der Waals surface area contributed by atoms with Gasteiger partial charge in [0.2, 0.25) is 0 Å². The maximum Gasteiger partial charge on any atom is 0.174 e. The van der Waals surface area contributed by atoms with Crippen molar-refractivity contribution in [2.24, 2.45) is 0 Å². The topological polar surface area (TPSA) is 72.3 Å². The molecule has 0 unspecified atom stereocenters. The highest BCUT2D eigenvalue weighted by Crippen LogP contribution is 2.20. The third-order valence-electron chi connectivity index (χ3n) is 1.75. The van der Waals surface area contributed by atoms with Gasteiger partial charge in [0.05, 0.1) is 12.0 Å². The van der Waals surface area contributed by atoms with Crippen LogP contribution in [0.4, 0.5) is 5.82 Å². The fourth-order valence-corrected chi connectivity index (χ4v) is 1.10. The molecule has 1 heterocycles. The number of benzene rings is 1. The average Bonchev–Trinajstić information content (AvgIpc) is 2.47. The van der Waals surface area contributed by atoms with E-state index in [1.54, 1.807) is 18.2 Å². The van der Waals surface area contributed by atoms with Crippen molar-refractivity contribution in [3.63, 3.8) is 0 Å². The fourth-order valence-electron chi connectivity index (χ4n) is 1.10. The van der Waals surface area contributed by atoms with Gasteiger partial charge in [-0.05, 0) is 17.7 Å². The van der Waals surface area contributed by atoms with Crippen molar-refractivity contribution in [3.05, 3.63) is 23.8 Å². The summed E-state index contributed by atoms with van der Waals surface area (Å²) in [5, 5.41) is 13.2. The second-order valence-corrected chi connectivity index (χ2v) is 2.56. The molecule has 62 valence electrons. The zero-order chi connectivity index (χ0) is 8.55. The second-order valence-electron chi connectivity index (χ2n) is 2.56. The SMILES string of the molecule is Nc1noc2cc(CO)ccc12. The van der Waals surface area contributed by atoms with Gasteiger partial charge in [-0.3, -0.25) is 0 Å². The molecule has 1 aromatic carbocycles. The Labute approximate surface area is 68.6 Å². The smallest absolute Gasteiger partial charge is 0.174 e. The lowest BCUT2D eigenvalue weighted by atomic mass is 10.2. The summed E-state index contributed by atoms with van der Waals surface area (Å²) in [7, 11) is 0. The molecule has 2 rings (SSSR count). The first-order valence-electron chi connectivity index (χ1n) is 3.56. The van der Waals surface area contributed by atoms with Crippen LogP contribution in [0.3, 0.4) is 0 Å². The number of fused-ring (bicyclic) bond motifs is 1. The third-order valence-corrected chi connectivity index (χ3v) is 1.75. The Bertz CT molecular complexity index is 408. The van der Waals surface area contributed by atoms with E-state index in [0.717, 1.165) is 10.9 Å². The predicted octanol–water partition coefficient (Wildman–Crippen LogP) is 0.902. The molecule has 1 aromatic heterocycles. The summed E-state index contributed by atoms with van der Waals surface area (Å²) in [5.74, 6) is 0.384. The first kappa shape index (κ1) is 7.12. The van der Waals surface area contributed by atoms with Crippen LogP contribution in [0.1, 0.15) is 5.56 Å². The molecule has 0 spiro atoms. The number of nitrogens with two attached hydrogens (primary N) is 1. The maximum atomic E-state index is 8.81. The zero-order valence-electron chi connectivity index (χ0n) is 6.32. The van der Waals surface area contributed by atoms with E-state index in [4.69, 9.17) is 15.4 Å². The first-order chi connectivity index (χ1) is 5.81. The number of anilines is 1. The van der Waals surface area contributed by atoms with E-state index in [0.29, 0.717) is 11.4 Å². The normalized spacial score (nSPS) is 10.8. The summed E-state index contributed by atoms with van der Waals surface area (Å²) in [6.45, 7) is -0.00343. The van der Waals surface area contributed by atoms with Crippen molar-refractivity contribution in [1.29, 1.82) is 0 Å². The Kier molecular flexibility index (Phi) is 1.48. The van der Waals surface area contributed by atoms with Crippen molar-refractivity contribution >= 4 is 16.8 Å². The Morgan fingerprint density at radius 3 is 3.08 bits per heavy atom. The minimum absolute atomic E-state index is 0.00343. The number of aliphatic hydroxyl groups excluding tert-OH is 1. The van der Waals surface area contributed by atoms with E-state index in [1.165, 1.54) is 0 Å². The van der Waals surface area contributed by atoms with Crippen molar-refractivity contribution < 1.29 is 9.63 Å². The van der Waals surface area contributed by atoms with E-state index >= 15 is 0 Å². The van der Waals surface area contributed by atoms with Gasteiger partial charge in [0.15, 0.2) is 11.4 Å². The molecule has 0 saturated heterocycles. The molecule has 3 N–H and O–H groups in total. The van der Waals surface area contributed by atoms with E-state index in [1.807, 2.05) is 0 Å². The lowest BCUT2D eigenvalue weighted by Gasteiger charge is -1.92. The monoisotopic (exact) mass is 164 g/mol. The Hall–Kier alpha value is -1.55. The molecule has 4 heteroatoms. The number of aliphatic hydroxyl groups is 1. The van der Waals surface area contributed by atoms with Gasteiger partial charge in [-0.25, -0.2) is 0 Å². The average molecular weight is 164 g/mol. The van der Waals surface area contributed by atoms with Gasteiger partial charge in [-0.2, -0.15) is 0 Å². The third kappa shape index (κ3) is 0.931. The zero-order valence-corrected chi connectivity index (χ0v) is 6.32. The summed E-state index contributed by atoms with van der Waals surface area (Å²) >= 11 is 0. The van der Waals surface area contributed by atoms with Crippen molar-refractivity contribution in [1.82, 2.24) is 5.16 Å².